The Morgan fingerprint density at radius 1 is 0.485 bits per heavy atom. The molecule has 2 saturated carbocycles. The van der Waals surface area contributed by atoms with Crippen LogP contribution in [0.2, 0.25) is 0 Å². The molecular formula is C65H62N2O. The van der Waals surface area contributed by atoms with Crippen LogP contribution in [0.3, 0.4) is 0 Å². The van der Waals surface area contributed by atoms with Gasteiger partial charge in [0.2, 0.25) is 0 Å². The van der Waals surface area contributed by atoms with Crippen LogP contribution in [0.5, 0.6) is 5.75 Å². The number of fused-ring (bicyclic) bond motifs is 15. The van der Waals surface area contributed by atoms with Gasteiger partial charge in [-0.1, -0.05) is 144 Å². The highest BCUT2D eigenvalue weighted by Crippen LogP contribution is 2.65. The number of nitrogens with zero attached hydrogens (tertiary/aromatic N) is 2. The number of anilines is 4. The van der Waals surface area contributed by atoms with E-state index in [4.69, 9.17) is 4.74 Å². The van der Waals surface area contributed by atoms with Gasteiger partial charge in [0.25, 0.3) is 0 Å². The van der Waals surface area contributed by atoms with Crippen molar-refractivity contribution in [3.63, 3.8) is 0 Å². The number of benzene rings is 7. The molecule has 0 spiro atoms. The van der Waals surface area contributed by atoms with Crippen LogP contribution in [-0.2, 0) is 16.2 Å². The van der Waals surface area contributed by atoms with Crippen LogP contribution in [0.25, 0.3) is 44.2 Å². The van der Waals surface area contributed by atoms with Crippen molar-refractivity contribution in [3.05, 3.63) is 186 Å². The zero-order chi connectivity index (χ0) is 46.0. The maximum atomic E-state index is 7.32. The summed E-state index contributed by atoms with van der Waals surface area (Å²) in [5, 5.41) is 2.64. The molecule has 0 amide bonds. The van der Waals surface area contributed by atoms with Gasteiger partial charge in [-0.05, 0) is 167 Å². The fourth-order valence-electron chi connectivity index (χ4n) is 15.6. The second-order valence-corrected chi connectivity index (χ2v) is 22.9. The lowest BCUT2D eigenvalue weighted by Crippen LogP contribution is -2.54. The average Bonchev–Trinajstić information content (AvgIpc) is 3.99. The smallest absolute Gasteiger partial charge is 0.129 e. The lowest BCUT2D eigenvalue weighted by molar-refractivity contribution is 0.195. The number of ether oxygens (including phenoxy) is 1. The van der Waals surface area contributed by atoms with Crippen LogP contribution in [0, 0.1) is 0 Å². The van der Waals surface area contributed by atoms with E-state index in [1.54, 1.807) is 0 Å². The fourth-order valence-corrected chi connectivity index (χ4v) is 15.6. The maximum Gasteiger partial charge on any atom is 0.129 e. The van der Waals surface area contributed by atoms with E-state index in [9.17, 15) is 0 Å². The van der Waals surface area contributed by atoms with E-state index in [0.717, 1.165) is 5.75 Å². The van der Waals surface area contributed by atoms with Gasteiger partial charge in [-0.15, -0.1) is 0 Å². The summed E-state index contributed by atoms with van der Waals surface area (Å²) in [6, 6.07) is 51.7. The summed E-state index contributed by atoms with van der Waals surface area (Å²) in [5.74, 6) is 1.25. The molecule has 0 radical (unpaired) electrons. The summed E-state index contributed by atoms with van der Waals surface area (Å²) in [5.41, 5.74) is 20.1. The van der Waals surface area contributed by atoms with Crippen molar-refractivity contribution in [2.75, 3.05) is 9.80 Å². The Morgan fingerprint density at radius 2 is 1.01 bits per heavy atom. The standard InChI is InChI=1S/C65H62N2O/c1-61(2)53-40-48(41-29-31-54-51(37-41)62(3)33-17-19-35-64(62,5)66(54)43-21-9-7-10-22-43)45-25-13-14-26-46(45)57(53)50-39-49(58-47-27-15-16-28-56(47)68-60(58)59(50)61)42-30-32-55-52(38-42)63(4)34-18-20-36-65(63,6)67(55)44-23-11-8-12-24-44/h7-16,21-32,37-40,47,56H,17-20,33-36H2,1-6H3. The first-order valence-corrected chi connectivity index (χ1v) is 25.8. The highest BCUT2D eigenvalue weighted by atomic mass is 16.5. The highest BCUT2D eigenvalue weighted by Gasteiger charge is 2.59. The first-order chi connectivity index (χ1) is 33.0. The van der Waals surface area contributed by atoms with E-state index in [1.165, 1.54) is 146 Å². The minimum Gasteiger partial charge on any atom is -0.485 e. The van der Waals surface area contributed by atoms with E-state index < -0.39 is 0 Å². The molecule has 7 aromatic carbocycles. The molecule has 6 atom stereocenters. The molecular weight excluding hydrogens is 825 g/mol. The predicted molar refractivity (Wildman–Crippen MR) is 283 cm³/mol. The Hall–Kier alpha value is -6.32. The third kappa shape index (κ3) is 5.05. The third-order valence-electron chi connectivity index (χ3n) is 19.5. The molecule has 0 saturated heterocycles. The zero-order valence-corrected chi connectivity index (χ0v) is 40.6. The Bertz CT molecular complexity index is 3340. The minimum absolute atomic E-state index is 0.00469. The molecule has 2 fully saturated rings. The lowest BCUT2D eigenvalue weighted by atomic mass is 9.61. The van der Waals surface area contributed by atoms with Gasteiger partial charge in [0.05, 0.1) is 11.1 Å². The maximum absolute atomic E-state index is 7.32. The van der Waals surface area contributed by atoms with Gasteiger partial charge in [-0.2, -0.15) is 0 Å². The monoisotopic (exact) mass is 886 g/mol. The summed E-state index contributed by atoms with van der Waals surface area (Å²) in [6.07, 6.45) is 18.9. The van der Waals surface area contributed by atoms with Crippen LogP contribution in [0.4, 0.5) is 22.7 Å². The van der Waals surface area contributed by atoms with Gasteiger partial charge in [-0.25, -0.2) is 0 Å². The van der Waals surface area contributed by atoms with Crippen LogP contribution in [0.15, 0.2) is 158 Å². The molecule has 4 aliphatic carbocycles. The van der Waals surface area contributed by atoms with E-state index >= 15 is 0 Å². The Balaban J connectivity index is 0.971. The molecule has 3 nitrogen and oxygen atoms in total. The molecule has 14 rings (SSSR count). The van der Waals surface area contributed by atoms with Crippen molar-refractivity contribution in [2.24, 2.45) is 0 Å². The van der Waals surface area contributed by atoms with Gasteiger partial charge >= 0.3 is 0 Å². The van der Waals surface area contributed by atoms with Crippen LogP contribution >= 0.6 is 0 Å². The Kier molecular flexibility index (Phi) is 8.33. The van der Waals surface area contributed by atoms with Crippen molar-refractivity contribution >= 4 is 33.5 Å². The van der Waals surface area contributed by atoms with Crippen molar-refractivity contribution in [1.29, 1.82) is 0 Å². The summed E-state index contributed by atoms with van der Waals surface area (Å²) >= 11 is 0. The number of para-hydroxylation sites is 2. The number of allylic oxidation sites excluding steroid dienone is 2. The van der Waals surface area contributed by atoms with Crippen molar-refractivity contribution in [1.82, 2.24) is 0 Å². The van der Waals surface area contributed by atoms with Crippen LogP contribution in [0.1, 0.15) is 127 Å². The molecule has 0 aromatic heterocycles. The molecule has 7 aromatic rings. The van der Waals surface area contributed by atoms with Crippen molar-refractivity contribution in [2.45, 2.75) is 132 Å². The van der Waals surface area contributed by atoms with E-state index in [-0.39, 0.29) is 39.3 Å². The van der Waals surface area contributed by atoms with Crippen LogP contribution < -0.4 is 14.5 Å². The summed E-state index contributed by atoms with van der Waals surface area (Å²) < 4.78 is 7.32. The molecule has 68 heavy (non-hydrogen) atoms. The predicted octanol–water partition coefficient (Wildman–Crippen LogP) is 16.9. The molecule has 0 bridgehead atoms. The SMILES string of the molecule is CC1(C)c2cc(-c3ccc4c(c3)C3(C)CCCCC3(C)N4c3ccccc3)c3ccccc3c2-c2cc(-c3ccc4c(c3)C3(C)CCCCC3(C)N4c3ccccc3)c3c(c21)OC1C=CC=CC31. The molecule has 7 aliphatic rings. The zero-order valence-electron chi connectivity index (χ0n) is 40.6. The van der Waals surface area contributed by atoms with Crippen molar-refractivity contribution in [3.8, 4) is 39.1 Å². The molecule has 338 valence electrons. The number of hydrogen-bond donors (Lipinski definition) is 0. The summed E-state index contributed by atoms with van der Waals surface area (Å²) in [6.45, 7) is 15.1. The number of rotatable bonds is 4. The van der Waals surface area contributed by atoms with E-state index in [1.807, 2.05) is 0 Å². The van der Waals surface area contributed by atoms with Crippen molar-refractivity contribution < 1.29 is 4.74 Å². The second kappa shape index (κ2) is 13.9. The topological polar surface area (TPSA) is 15.7 Å². The second-order valence-electron chi connectivity index (χ2n) is 22.9. The molecule has 3 heterocycles. The molecule has 3 heteroatoms. The van der Waals surface area contributed by atoms with E-state index in [2.05, 4.69) is 209 Å². The first-order valence-electron chi connectivity index (χ1n) is 25.8. The average molecular weight is 887 g/mol. The van der Waals surface area contributed by atoms with Gasteiger partial charge in [0.15, 0.2) is 0 Å². The normalized spacial score (nSPS) is 28.6. The molecule has 6 unspecified atom stereocenters. The number of hydrogen-bond acceptors (Lipinski definition) is 3. The molecule has 3 aliphatic heterocycles. The Morgan fingerprint density at radius 3 is 1.62 bits per heavy atom. The van der Waals surface area contributed by atoms with Gasteiger partial charge < -0.3 is 14.5 Å². The third-order valence-corrected chi connectivity index (χ3v) is 19.5. The van der Waals surface area contributed by atoms with E-state index in [0.29, 0.717) is 0 Å². The largest absolute Gasteiger partial charge is 0.485 e. The minimum atomic E-state index is -0.298. The quantitative estimate of drug-likeness (QED) is 0.175. The van der Waals surface area contributed by atoms with Crippen LogP contribution in [-0.4, -0.2) is 17.2 Å². The Labute approximate surface area is 403 Å². The van der Waals surface area contributed by atoms with Gasteiger partial charge in [0.1, 0.15) is 11.9 Å². The summed E-state index contributed by atoms with van der Waals surface area (Å²) in [4.78, 5) is 5.39. The first kappa shape index (κ1) is 40.7. The highest BCUT2D eigenvalue weighted by molar-refractivity contribution is 6.10. The summed E-state index contributed by atoms with van der Waals surface area (Å²) in [7, 11) is 0. The van der Waals surface area contributed by atoms with Gasteiger partial charge in [0, 0.05) is 56.0 Å². The lowest BCUT2D eigenvalue weighted by Gasteiger charge is -2.50. The van der Waals surface area contributed by atoms with Gasteiger partial charge in [-0.3, -0.25) is 0 Å². The fraction of sp³-hybridized carbons (Fsp3) is 0.323. The molecule has 0 N–H and O–H groups in total.